The molecule has 3 N–H and O–H groups in total. The lowest BCUT2D eigenvalue weighted by atomic mass is 10.3. The SMILES string of the molecule is COC(=O)c1ccc(COc2ccc(NCCCN)cc2)o1. The highest BCUT2D eigenvalue weighted by atomic mass is 16.5. The fourth-order valence-corrected chi connectivity index (χ4v) is 1.82. The van der Waals surface area contributed by atoms with E-state index < -0.39 is 5.97 Å². The summed E-state index contributed by atoms with van der Waals surface area (Å²) in [4.78, 5) is 11.3. The average Bonchev–Trinajstić information content (AvgIpc) is 3.02. The van der Waals surface area contributed by atoms with E-state index in [9.17, 15) is 4.79 Å². The number of ether oxygens (including phenoxy) is 2. The molecule has 6 nitrogen and oxygen atoms in total. The Balaban J connectivity index is 1.83. The van der Waals surface area contributed by atoms with Gasteiger partial charge >= 0.3 is 5.97 Å². The van der Waals surface area contributed by atoms with E-state index in [-0.39, 0.29) is 12.4 Å². The Morgan fingerprint density at radius 1 is 1.23 bits per heavy atom. The van der Waals surface area contributed by atoms with Gasteiger partial charge < -0.3 is 24.9 Å². The Hall–Kier alpha value is -2.47. The second kappa shape index (κ2) is 8.09. The van der Waals surface area contributed by atoms with Crippen LogP contribution >= 0.6 is 0 Å². The second-order valence-electron chi connectivity index (χ2n) is 4.64. The summed E-state index contributed by atoms with van der Waals surface area (Å²) in [7, 11) is 1.31. The zero-order valence-corrected chi connectivity index (χ0v) is 12.5. The van der Waals surface area contributed by atoms with Crippen LogP contribution in [-0.4, -0.2) is 26.2 Å². The number of methoxy groups -OCH3 is 1. The predicted molar refractivity (Wildman–Crippen MR) is 83.0 cm³/mol. The van der Waals surface area contributed by atoms with Crippen molar-refractivity contribution < 1.29 is 18.7 Å². The minimum atomic E-state index is -0.501. The molecule has 0 saturated carbocycles. The molecule has 0 aliphatic carbocycles. The highest BCUT2D eigenvalue weighted by Gasteiger charge is 2.11. The van der Waals surface area contributed by atoms with Crippen LogP contribution in [0.5, 0.6) is 5.75 Å². The lowest BCUT2D eigenvalue weighted by Gasteiger charge is -2.07. The number of benzene rings is 1. The van der Waals surface area contributed by atoms with Crippen molar-refractivity contribution in [3.05, 3.63) is 47.9 Å². The number of carbonyl (C=O) groups is 1. The van der Waals surface area contributed by atoms with Crippen LogP contribution in [0.25, 0.3) is 0 Å². The molecule has 0 aliphatic rings. The Labute approximate surface area is 129 Å². The van der Waals surface area contributed by atoms with Crippen LogP contribution in [0.1, 0.15) is 22.7 Å². The van der Waals surface area contributed by atoms with E-state index in [1.54, 1.807) is 12.1 Å². The van der Waals surface area contributed by atoms with Gasteiger partial charge in [-0.15, -0.1) is 0 Å². The summed E-state index contributed by atoms with van der Waals surface area (Å²) in [6.45, 7) is 1.77. The molecular weight excluding hydrogens is 284 g/mol. The first-order valence-corrected chi connectivity index (χ1v) is 7.06. The van der Waals surface area contributed by atoms with Gasteiger partial charge in [0.05, 0.1) is 7.11 Å². The average molecular weight is 304 g/mol. The largest absolute Gasteiger partial charge is 0.486 e. The molecule has 6 heteroatoms. The number of carbonyl (C=O) groups excluding carboxylic acids is 1. The molecule has 0 bridgehead atoms. The molecule has 0 amide bonds. The fraction of sp³-hybridized carbons (Fsp3) is 0.312. The predicted octanol–water partition coefficient (Wildman–Crippen LogP) is 2.41. The van der Waals surface area contributed by atoms with Gasteiger partial charge in [0.15, 0.2) is 0 Å². The number of furan rings is 1. The molecule has 0 spiro atoms. The molecule has 0 radical (unpaired) electrons. The lowest BCUT2D eigenvalue weighted by molar-refractivity contribution is 0.0561. The molecule has 0 atom stereocenters. The summed E-state index contributed by atoms with van der Waals surface area (Å²) in [5.74, 6) is 0.950. The number of rotatable bonds is 8. The standard InChI is InChI=1S/C16H20N2O4/c1-20-16(19)15-8-7-14(22-15)11-21-13-5-3-12(4-6-13)18-10-2-9-17/h3-8,18H,2,9-11,17H2,1H3. The summed E-state index contributed by atoms with van der Waals surface area (Å²) in [6.07, 6.45) is 0.930. The molecule has 1 aromatic heterocycles. The Morgan fingerprint density at radius 2 is 2.00 bits per heavy atom. The molecular formula is C16H20N2O4. The monoisotopic (exact) mass is 304 g/mol. The van der Waals surface area contributed by atoms with Gasteiger partial charge in [-0.1, -0.05) is 0 Å². The van der Waals surface area contributed by atoms with Crippen molar-refractivity contribution in [1.82, 2.24) is 0 Å². The van der Waals surface area contributed by atoms with Crippen LogP contribution in [0.15, 0.2) is 40.8 Å². The zero-order chi connectivity index (χ0) is 15.8. The summed E-state index contributed by atoms with van der Waals surface area (Å²) < 4.78 is 15.5. The van der Waals surface area contributed by atoms with E-state index in [1.807, 2.05) is 24.3 Å². The van der Waals surface area contributed by atoms with Crippen LogP contribution in [0.2, 0.25) is 0 Å². The first kappa shape index (κ1) is 15.9. The molecule has 0 saturated heterocycles. The minimum Gasteiger partial charge on any atom is -0.486 e. The van der Waals surface area contributed by atoms with Gasteiger partial charge in [0, 0.05) is 12.2 Å². The molecule has 2 aromatic rings. The van der Waals surface area contributed by atoms with Crippen molar-refractivity contribution in [2.45, 2.75) is 13.0 Å². The lowest BCUT2D eigenvalue weighted by Crippen LogP contribution is -2.08. The van der Waals surface area contributed by atoms with Crippen molar-refractivity contribution in [3.63, 3.8) is 0 Å². The topological polar surface area (TPSA) is 86.7 Å². The highest BCUT2D eigenvalue weighted by molar-refractivity contribution is 5.86. The van der Waals surface area contributed by atoms with Gasteiger partial charge in [-0.3, -0.25) is 0 Å². The van der Waals surface area contributed by atoms with E-state index in [4.69, 9.17) is 14.9 Å². The zero-order valence-electron chi connectivity index (χ0n) is 12.5. The van der Waals surface area contributed by atoms with Crippen LogP contribution in [-0.2, 0) is 11.3 Å². The Morgan fingerprint density at radius 3 is 2.68 bits per heavy atom. The van der Waals surface area contributed by atoms with Gasteiger partial charge in [-0.05, 0) is 49.4 Å². The van der Waals surface area contributed by atoms with Crippen molar-refractivity contribution in [3.8, 4) is 5.75 Å². The maximum Gasteiger partial charge on any atom is 0.373 e. The summed E-state index contributed by atoms with van der Waals surface area (Å²) >= 11 is 0. The second-order valence-corrected chi connectivity index (χ2v) is 4.64. The number of esters is 1. The van der Waals surface area contributed by atoms with E-state index in [2.05, 4.69) is 10.1 Å². The van der Waals surface area contributed by atoms with Crippen molar-refractivity contribution in [2.75, 3.05) is 25.5 Å². The molecule has 0 aliphatic heterocycles. The van der Waals surface area contributed by atoms with Gasteiger partial charge in [0.2, 0.25) is 5.76 Å². The summed E-state index contributed by atoms with van der Waals surface area (Å²) in [6, 6.07) is 10.9. The number of hydrogen-bond donors (Lipinski definition) is 2. The number of anilines is 1. The van der Waals surface area contributed by atoms with Crippen molar-refractivity contribution >= 4 is 11.7 Å². The van der Waals surface area contributed by atoms with Crippen molar-refractivity contribution in [1.29, 1.82) is 0 Å². The molecule has 1 heterocycles. The highest BCUT2D eigenvalue weighted by Crippen LogP contribution is 2.18. The molecule has 118 valence electrons. The maximum atomic E-state index is 11.3. The molecule has 2 rings (SSSR count). The molecule has 0 fully saturated rings. The van der Waals surface area contributed by atoms with E-state index in [0.29, 0.717) is 12.3 Å². The Kier molecular flexibility index (Phi) is 5.85. The quantitative estimate of drug-likeness (QED) is 0.575. The third-order valence-electron chi connectivity index (χ3n) is 2.99. The van der Waals surface area contributed by atoms with Gasteiger partial charge in [-0.2, -0.15) is 0 Å². The van der Waals surface area contributed by atoms with E-state index in [0.717, 1.165) is 24.4 Å². The van der Waals surface area contributed by atoms with Crippen LogP contribution in [0, 0.1) is 0 Å². The number of hydrogen-bond acceptors (Lipinski definition) is 6. The van der Waals surface area contributed by atoms with Gasteiger partial charge in [0.25, 0.3) is 0 Å². The minimum absolute atomic E-state index is 0.167. The molecule has 22 heavy (non-hydrogen) atoms. The first-order chi connectivity index (χ1) is 10.7. The fourth-order valence-electron chi connectivity index (χ4n) is 1.82. The normalized spacial score (nSPS) is 10.3. The van der Waals surface area contributed by atoms with Crippen molar-refractivity contribution in [2.24, 2.45) is 5.73 Å². The number of nitrogens with two attached hydrogens (primary N) is 1. The Bertz CT molecular complexity index is 592. The summed E-state index contributed by atoms with van der Waals surface area (Å²) in [5.41, 5.74) is 6.46. The van der Waals surface area contributed by atoms with E-state index in [1.165, 1.54) is 7.11 Å². The van der Waals surface area contributed by atoms with Crippen LogP contribution < -0.4 is 15.8 Å². The van der Waals surface area contributed by atoms with E-state index >= 15 is 0 Å². The van der Waals surface area contributed by atoms with Crippen LogP contribution in [0.3, 0.4) is 0 Å². The maximum absolute atomic E-state index is 11.3. The number of nitrogens with one attached hydrogen (secondary N) is 1. The third-order valence-corrected chi connectivity index (χ3v) is 2.99. The third kappa shape index (κ3) is 4.53. The van der Waals surface area contributed by atoms with Crippen LogP contribution in [0.4, 0.5) is 5.69 Å². The smallest absolute Gasteiger partial charge is 0.373 e. The van der Waals surface area contributed by atoms with Gasteiger partial charge in [-0.25, -0.2) is 4.79 Å². The summed E-state index contributed by atoms with van der Waals surface area (Å²) in [5, 5.41) is 3.26. The molecule has 0 unspecified atom stereocenters. The molecule has 1 aromatic carbocycles. The first-order valence-electron chi connectivity index (χ1n) is 7.06. The van der Waals surface area contributed by atoms with Gasteiger partial charge in [0.1, 0.15) is 18.1 Å².